The van der Waals surface area contributed by atoms with Gasteiger partial charge in [-0.3, -0.25) is 4.79 Å². The van der Waals surface area contributed by atoms with Crippen molar-refractivity contribution in [2.75, 3.05) is 10.6 Å². The highest BCUT2D eigenvalue weighted by Gasteiger charge is 2.31. The number of nitrogens with one attached hydrogen (secondary N) is 3. The van der Waals surface area contributed by atoms with Crippen molar-refractivity contribution in [2.24, 2.45) is 0 Å². The number of halogens is 4. The molecular formula is C18H15ClF3N3O2. The maximum atomic E-state index is 12.8. The molecule has 0 saturated heterocycles. The van der Waals surface area contributed by atoms with Crippen LogP contribution in [0.3, 0.4) is 0 Å². The third-order valence-corrected chi connectivity index (χ3v) is 4.19. The number of carbonyl (C=O) groups is 2. The zero-order chi connectivity index (χ0) is 19.6. The van der Waals surface area contributed by atoms with Crippen LogP contribution in [-0.2, 0) is 6.18 Å². The second-order valence-electron chi connectivity index (χ2n) is 6.10. The molecule has 1 fully saturated rings. The Labute approximate surface area is 157 Å². The van der Waals surface area contributed by atoms with E-state index < -0.39 is 17.8 Å². The highest BCUT2D eigenvalue weighted by molar-refractivity contribution is 6.33. The summed E-state index contributed by atoms with van der Waals surface area (Å²) < 4.78 is 38.3. The average Bonchev–Trinajstić information content (AvgIpc) is 3.40. The van der Waals surface area contributed by atoms with Crippen molar-refractivity contribution in [1.29, 1.82) is 0 Å². The first-order valence-corrected chi connectivity index (χ1v) is 8.46. The molecule has 0 atom stereocenters. The molecule has 3 rings (SSSR count). The van der Waals surface area contributed by atoms with Crippen molar-refractivity contribution in [3.05, 3.63) is 58.6 Å². The highest BCUT2D eigenvalue weighted by Crippen LogP contribution is 2.33. The minimum absolute atomic E-state index is 0.0229. The minimum atomic E-state index is -4.55. The molecule has 1 aliphatic rings. The zero-order valence-corrected chi connectivity index (χ0v) is 14.6. The van der Waals surface area contributed by atoms with Crippen LogP contribution in [0.5, 0.6) is 0 Å². The normalized spacial score (nSPS) is 13.8. The molecule has 3 amide bonds. The largest absolute Gasteiger partial charge is 0.416 e. The van der Waals surface area contributed by atoms with Crippen molar-refractivity contribution >= 4 is 34.9 Å². The molecule has 3 N–H and O–H groups in total. The number of rotatable bonds is 4. The molecule has 0 unspecified atom stereocenters. The standard InChI is InChI=1S/C18H15ClF3N3O2/c19-14-8-3-11(18(20,21)22)9-15(14)25-17(27)24-13-4-1-10(2-5-13)16(26)23-12-6-7-12/h1-5,8-9,12H,6-7H2,(H,23,26)(H2,24,25,27). The molecule has 0 spiro atoms. The molecule has 0 aliphatic heterocycles. The van der Waals surface area contributed by atoms with E-state index in [9.17, 15) is 22.8 Å². The third kappa shape index (κ3) is 5.13. The Balaban J connectivity index is 1.63. The van der Waals surface area contributed by atoms with Gasteiger partial charge in [-0.05, 0) is 55.3 Å². The number of carbonyl (C=O) groups excluding carboxylic acids is 2. The van der Waals surface area contributed by atoms with E-state index in [1.165, 1.54) is 12.1 Å². The first kappa shape index (κ1) is 19.0. The lowest BCUT2D eigenvalue weighted by molar-refractivity contribution is -0.137. The van der Waals surface area contributed by atoms with Crippen LogP contribution in [0, 0.1) is 0 Å². The van der Waals surface area contributed by atoms with Crippen LogP contribution in [0.4, 0.5) is 29.3 Å². The predicted molar refractivity (Wildman–Crippen MR) is 96.0 cm³/mol. The van der Waals surface area contributed by atoms with Gasteiger partial charge in [0.1, 0.15) is 0 Å². The number of urea groups is 1. The van der Waals surface area contributed by atoms with Gasteiger partial charge in [0.05, 0.1) is 16.3 Å². The third-order valence-electron chi connectivity index (χ3n) is 3.86. The van der Waals surface area contributed by atoms with Crippen LogP contribution in [0.1, 0.15) is 28.8 Å². The maximum Gasteiger partial charge on any atom is 0.416 e. The second-order valence-corrected chi connectivity index (χ2v) is 6.50. The number of hydrogen-bond donors (Lipinski definition) is 3. The van der Waals surface area contributed by atoms with Crippen molar-refractivity contribution in [1.82, 2.24) is 5.32 Å². The van der Waals surface area contributed by atoms with Gasteiger partial charge in [-0.2, -0.15) is 13.2 Å². The number of alkyl halides is 3. The predicted octanol–water partition coefficient (Wildman–Crippen LogP) is 4.90. The topological polar surface area (TPSA) is 70.2 Å². The fourth-order valence-electron chi connectivity index (χ4n) is 2.28. The first-order valence-electron chi connectivity index (χ1n) is 8.08. The van der Waals surface area contributed by atoms with Gasteiger partial charge in [0.15, 0.2) is 0 Å². The Kier molecular flexibility index (Phi) is 5.27. The number of hydrogen-bond acceptors (Lipinski definition) is 2. The SMILES string of the molecule is O=C(Nc1ccc(C(=O)NC2CC2)cc1)Nc1cc(C(F)(F)F)ccc1Cl. The van der Waals surface area contributed by atoms with Crippen molar-refractivity contribution < 1.29 is 22.8 Å². The fourth-order valence-corrected chi connectivity index (χ4v) is 2.45. The fraction of sp³-hybridized carbons (Fsp3) is 0.222. The average molecular weight is 398 g/mol. The van der Waals surface area contributed by atoms with Gasteiger partial charge in [0.2, 0.25) is 0 Å². The lowest BCUT2D eigenvalue weighted by Gasteiger charge is -2.12. The molecule has 1 saturated carbocycles. The summed E-state index contributed by atoms with van der Waals surface area (Å²) in [5, 5.41) is 7.57. The maximum absolute atomic E-state index is 12.8. The van der Waals surface area contributed by atoms with Gasteiger partial charge < -0.3 is 16.0 Å². The van der Waals surface area contributed by atoms with E-state index in [0.29, 0.717) is 11.3 Å². The summed E-state index contributed by atoms with van der Waals surface area (Å²) in [5.41, 5.74) is -0.259. The van der Waals surface area contributed by atoms with Crippen molar-refractivity contribution in [3.8, 4) is 0 Å². The molecule has 0 heterocycles. The molecule has 2 aromatic carbocycles. The molecular weight excluding hydrogens is 383 g/mol. The van der Waals surface area contributed by atoms with Crippen molar-refractivity contribution in [2.45, 2.75) is 25.1 Å². The summed E-state index contributed by atoms with van der Waals surface area (Å²) in [7, 11) is 0. The van der Waals surface area contributed by atoms with Gasteiger partial charge in [-0.25, -0.2) is 4.79 Å². The summed E-state index contributed by atoms with van der Waals surface area (Å²) >= 11 is 5.84. The van der Waals surface area contributed by atoms with E-state index in [4.69, 9.17) is 11.6 Å². The van der Waals surface area contributed by atoms with Gasteiger partial charge in [0.25, 0.3) is 5.91 Å². The molecule has 27 heavy (non-hydrogen) atoms. The Bertz CT molecular complexity index is 865. The molecule has 9 heteroatoms. The number of benzene rings is 2. The van der Waals surface area contributed by atoms with Crippen LogP contribution >= 0.6 is 11.6 Å². The molecule has 142 valence electrons. The van der Waals surface area contributed by atoms with E-state index in [1.807, 2.05) is 0 Å². The van der Waals surface area contributed by atoms with Gasteiger partial charge in [-0.15, -0.1) is 0 Å². The van der Waals surface area contributed by atoms with E-state index >= 15 is 0 Å². The van der Waals surface area contributed by atoms with Gasteiger partial charge >= 0.3 is 12.2 Å². The molecule has 0 aromatic heterocycles. The van der Waals surface area contributed by atoms with Gasteiger partial charge in [0, 0.05) is 17.3 Å². The van der Waals surface area contributed by atoms with Crippen LogP contribution < -0.4 is 16.0 Å². The van der Waals surface area contributed by atoms with E-state index in [0.717, 1.165) is 31.0 Å². The second kappa shape index (κ2) is 7.48. The Hall–Kier alpha value is -2.74. The Morgan fingerprint density at radius 3 is 2.26 bits per heavy atom. The van der Waals surface area contributed by atoms with E-state index in [1.54, 1.807) is 12.1 Å². The van der Waals surface area contributed by atoms with E-state index in [2.05, 4.69) is 16.0 Å². The lowest BCUT2D eigenvalue weighted by Crippen LogP contribution is -2.25. The van der Waals surface area contributed by atoms with Crippen LogP contribution in [0.15, 0.2) is 42.5 Å². The van der Waals surface area contributed by atoms with Gasteiger partial charge in [-0.1, -0.05) is 11.6 Å². The molecule has 2 aromatic rings. The summed E-state index contributed by atoms with van der Waals surface area (Å²) in [5.74, 6) is -0.191. The quantitative estimate of drug-likeness (QED) is 0.687. The van der Waals surface area contributed by atoms with E-state index in [-0.39, 0.29) is 22.7 Å². The Morgan fingerprint density at radius 1 is 1.00 bits per heavy atom. The zero-order valence-electron chi connectivity index (χ0n) is 13.9. The molecule has 5 nitrogen and oxygen atoms in total. The number of amides is 3. The van der Waals surface area contributed by atoms with Crippen molar-refractivity contribution in [3.63, 3.8) is 0 Å². The highest BCUT2D eigenvalue weighted by atomic mass is 35.5. The number of anilines is 2. The summed E-state index contributed by atoms with van der Waals surface area (Å²) in [6.07, 6.45) is -2.60. The molecule has 1 aliphatic carbocycles. The smallest absolute Gasteiger partial charge is 0.349 e. The lowest BCUT2D eigenvalue weighted by atomic mass is 10.2. The van der Waals surface area contributed by atoms with Crippen LogP contribution in [0.2, 0.25) is 5.02 Å². The molecule has 0 bridgehead atoms. The summed E-state index contributed by atoms with van der Waals surface area (Å²) in [4.78, 5) is 23.9. The monoisotopic (exact) mass is 397 g/mol. The van der Waals surface area contributed by atoms with Crippen LogP contribution in [0.25, 0.3) is 0 Å². The minimum Gasteiger partial charge on any atom is -0.349 e. The summed E-state index contributed by atoms with van der Waals surface area (Å²) in [6, 6.07) is 8.27. The first-order chi connectivity index (χ1) is 12.7. The Morgan fingerprint density at radius 2 is 1.67 bits per heavy atom. The molecule has 0 radical (unpaired) electrons. The summed E-state index contributed by atoms with van der Waals surface area (Å²) in [6.45, 7) is 0. The van der Waals surface area contributed by atoms with Crippen LogP contribution in [-0.4, -0.2) is 18.0 Å².